The van der Waals surface area contributed by atoms with Gasteiger partial charge >= 0.3 is 0 Å². The highest BCUT2D eigenvalue weighted by Gasteiger charge is 2.13. The normalized spacial score (nSPS) is 10.1. The molecule has 2 rings (SSSR count). The molecule has 2 aromatic rings. The van der Waals surface area contributed by atoms with Crippen molar-refractivity contribution in [3.8, 4) is 0 Å². The largest absolute Gasteiger partial charge is 0.281 e. The lowest BCUT2D eigenvalue weighted by molar-refractivity contribution is -0.115. The summed E-state index contributed by atoms with van der Waals surface area (Å²) in [7, 11) is 0. The van der Waals surface area contributed by atoms with Crippen LogP contribution in [0.2, 0.25) is 0 Å². The zero-order valence-corrected chi connectivity index (χ0v) is 10.8. The van der Waals surface area contributed by atoms with Gasteiger partial charge in [-0.25, -0.2) is 0 Å². The molecule has 2 aromatic carbocycles. The van der Waals surface area contributed by atoms with Crippen molar-refractivity contribution < 1.29 is 4.79 Å². The molecule has 0 unspecified atom stereocenters. The second kappa shape index (κ2) is 5.50. The fourth-order valence-corrected chi connectivity index (χ4v) is 2.01. The first-order valence-corrected chi connectivity index (χ1v) is 6.17. The lowest BCUT2D eigenvalue weighted by atomic mass is 10.1. The summed E-state index contributed by atoms with van der Waals surface area (Å²) in [6.45, 7) is 3.70. The van der Waals surface area contributed by atoms with Gasteiger partial charge in [0.1, 0.15) is 0 Å². The average Bonchev–Trinajstić information content (AvgIpc) is 2.40. The number of benzene rings is 2. The van der Waals surface area contributed by atoms with E-state index in [2.05, 4.69) is 19.1 Å². The van der Waals surface area contributed by atoms with Gasteiger partial charge in [-0.05, 0) is 36.2 Å². The molecule has 0 heterocycles. The third kappa shape index (κ3) is 2.59. The Balaban J connectivity index is 2.45. The molecule has 0 spiro atoms. The van der Waals surface area contributed by atoms with Crippen LogP contribution in [-0.4, -0.2) is 5.91 Å². The van der Waals surface area contributed by atoms with Crippen LogP contribution in [-0.2, 0) is 11.2 Å². The second-order valence-corrected chi connectivity index (χ2v) is 4.21. The fraction of sp³-hybridized carbons (Fsp3) is 0.188. The van der Waals surface area contributed by atoms with Gasteiger partial charge in [0.15, 0.2) is 0 Å². The SMILES string of the molecule is CCc1cccc(N(C(C)=O)c2ccccc2)c1. The lowest BCUT2D eigenvalue weighted by Crippen LogP contribution is -2.22. The van der Waals surface area contributed by atoms with E-state index in [0.29, 0.717) is 0 Å². The maximum Gasteiger partial charge on any atom is 0.228 e. The molecule has 0 fully saturated rings. The minimum Gasteiger partial charge on any atom is -0.281 e. The molecule has 0 aliphatic rings. The van der Waals surface area contributed by atoms with Gasteiger partial charge in [-0.3, -0.25) is 9.69 Å². The Bertz CT molecular complexity index is 534. The van der Waals surface area contributed by atoms with Crippen LogP contribution in [0.25, 0.3) is 0 Å². The Morgan fingerprint density at radius 1 is 1.00 bits per heavy atom. The monoisotopic (exact) mass is 239 g/mol. The van der Waals surface area contributed by atoms with Gasteiger partial charge in [-0.1, -0.05) is 37.3 Å². The van der Waals surface area contributed by atoms with Gasteiger partial charge < -0.3 is 0 Å². The molecular weight excluding hydrogens is 222 g/mol. The van der Waals surface area contributed by atoms with Crippen molar-refractivity contribution in [2.75, 3.05) is 4.90 Å². The molecular formula is C16H17NO. The predicted octanol–water partition coefficient (Wildman–Crippen LogP) is 3.93. The van der Waals surface area contributed by atoms with Gasteiger partial charge in [-0.2, -0.15) is 0 Å². The molecule has 2 heteroatoms. The number of anilines is 2. The Kier molecular flexibility index (Phi) is 3.78. The van der Waals surface area contributed by atoms with E-state index in [1.807, 2.05) is 42.5 Å². The van der Waals surface area contributed by atoms with Gasteiger partial charge in [0, 0.05) is 18.3 Å². The van der Waals surface area contributed by atoms with Gasteiger partial charge in [0.25, 0.3) is 0 Å². The predicted molar refractivity (Wildman–Crippen MR) is 75.1 cm³/mol. The number of para-hydroxylation sites is 1. The number of hydrogen-bond donors (Lipinski definition) is 0. The van der Waals surface area contributed by atoms with Crippen LogP contribution in [0.15, 0.2) is 54.6 Å². The number of amides is 1. The minimum absolute atomic E-state index is 0.0226. The maximum atomic E-state index is 11.9. The molecule has 0 saturated heterocycles. The van der Waals surface area contributed by atoms with Crippen LogP contribution in [0, 0.1) is 0 Å². The first-order chi connectivity index (χ1) is 8.72. The first-order valence-electron chi connectivity index (χ1n) is 6.17. The van der Waals surface area contributed by atoms with Crippen LogP contribution < -0.4 is 4.90 Å². The molecule has 0 bridgehead atoms. The van der Waals surface area contributed by atoms with E-state index >= 15 is 0 Å². The van der Waals surface area contributed by atoms with Crippen molar-refractivity contribution in [1.29, 1.82) is 0 Å². The standard InChI is InChI=1S/C16H17NO/c1-3-14-8-7-11-16(12-14)17(13(2)18)15-9-5-4-6-10-15/h4-12H,3H2,1-2H3. The molecule has 0 N–H and O–H groups in total. The smallest absolute Gasteiger partial charge is 0.228 e. The summed E-state index contributed by atoms with van der Waals surface area (Å²) < 4.78 is 0. The summed E-state index contributed by atoms with van der Waals surface area (Å²) in [5.41, 5.74) is 3.06. The molecule has 0 aromatic heterocycles. The van der Waals surface area contributed by atoms with Crippen LogP contribution >= 0.6 is 0 Å². The van der Waals surface area contributed by atoms with E-state index in [-0.39, 0.29) is 5.91 Å². The summed E-state index contributed by atoms with van der Waals surface area (Å²) in [6, 6.07) is 17.8. The highest BCUT2D eigenvalue weighted by Crippen LogP contribution is 2.26. The molecule has 0 atom stereocenters. The topological polar surface area (TPSA) is 20.3 Å². The summed E-state index contributed by atoms with van der Waals surface area (Å²) in [5, 5.41) is 0. The molecule has 0 radical (unpaired) electrons. The summed E-state index contributed by atoms with van der Waals surface area (Å²) in [6.07, 6.45) is 0.967. The average molecular weight is 239 g/mol. The highest BCUT2D eigenvalue weighted by atomic mass is 16.2. The van der Waals surface area contributed by atoms with Crippen molar-refractivity contribution >= 4 is 17.3 Å². The molecule has 0 saturated carbocycles. The van der Waals surface area contributed by atoms with Crippen molar-refractivity contribution in [2.24, 2.45) is 0 Å². The van der Waals surface area contributed by atoms with Gasteiger partial charge in [0.05, 0.1) is 0 Å². The molecule has 18 heavy (non-hydrogen) atoms. The third-order valence-corrected chi connectivity index (χ3v) is 2.91. The number of rotatable bonds is 3. The number of nitrogens with zero attached hydrogens (tertiary/aromatic N) is 1. The minimum atomic E-state index is 0.0226. The van der Waals surface area contributed by atoms with Crippen molar-refractivity contribution in [3.63, 3.8) is 0 Å². The molecule has 92 valence electrons. The van der Waals surface area contributed by atoms with E-state index in [1.54, 1.807) is 11.8 Å². The second-order valence-electron chi connectivity index (χ2n) is 4.21. The van der Waals surface area contributed by atoms with Crippen molar-refractivity contribution in [2.45, 2.75) is 20.3 Å². The summed E-state index contributed by atoms with van der Waals surface area (Å²) in [4.78, 5) is 13.6. The lowest BCUT2D eigenvalue weighted by Gasteiger charge is -2.21. The number of aryl methyl sites for hydroxylation is 1. The molecule has 0 aliphatic heterocycles. The van der Waals surface area contributed by atoms with E-state index in [1.165, 1.54) is 5.56 Å². The van der Waals surface area contributed by atoms with E-state index < -0.39 is 0 Å². The number of carbonyl (C=O) groups excluding carboxylic acids is 1. The van der Waals surface area contributed by atoms with Crippen molar-refractivity contribution in [3.05, 3.63) is 60.2 Å². The maximum absolute atomic E-state index is 11.9. The Labute approximate surface area is 108 Å². The number of carbonyl (C=O) groups is 1. The van der Waals surface area contributed by atoms with Gasteiger partial charge in [0.2, 0.25) is 5.91 Å². The Hall–Kier alpha value is -2.09. The summed E-state index contributed by atoms with van der Waals surface area (Å²) in [5.74, 6) is 0.0226. The number of hydrogen-bond acceptors (Lipinski definition) is 1. The zero-order valence-electron chi connectivity index (χ0n) is 10.8. The first kappa shape index (κ1) is 12.4. The zero-order chi connectivity index (χ0) is 13.0. The van der Waals surface area contributed by atoms with Crippen LogP contribution in [0.1, 0.15) is 19.4 Å². The van der Waals surface area contributed by atoms with Gasteiger partial charge in [-0.15, -0.1) is 0 Å². The molecule has 1 amide bonds. The Morgan fingerprint density at radius 3 is 2.28 bits per heavy atom. The van der Waals surface area contributed by atoms with E-state index in [4.69, 9.17) is 0 Å². The quantitative estimate of drug-likeness (QED) is 0.794. The van der Waals surface area contributed by atoms with E-state index in [0.717, 1.165) is 17.8 Å². The van der Waals surface area contributed by atoms with Crippen LogP contribution in [0.3, 0.4) is 0 Å². The van der Waals surface area contributed by atoms with Crippen LogP contribution in [0.4, 0.5) is 11.4 Å². The van der Waals surface area contributed by atoms with Crippen molar-refractivity contribution in [1.82, 2.24) is 0 Å². The van der Waals surface area contributed by atoms with E-state index in [9.17, 15) is 4.79 Å². The highest BCUT2D eigenvalue weighted by molar-refractivity contribution is 5.99. The molecule has 0 aliphatic carbocycles. The molecule has 2 nitrogen and oxygen atoms in total. The summed E-state index contributed by atoms with van der Waals surface area (Å²) >= 11 is 0. The fourth-order valence-electron chi connectivity index (χ4n) is 2.01. The Morgan fingerprint density at radius 2 is 1.67 bits per heavy atom. The third-order valence-electron chi connectivity index (χ3n) is 2.91. The van der Waals surface area contributed by atoms with Crippen LogP contribution in [0.5, 0.6) is 0 Å².